The first kappa shape index (κ1) is 10.3. The minimum absolute atomic E-state index is 0.125. The monoisotopic (exact) mass is 244 g/mol. The Balaban J connectivity index is 2.01. The van der Waals surface area contributed by atoms with Gasteiger partial charge in [-0.1, -0.05) is 23.3 Å². The number of fused-ring (bicyclic) bond motifs is 1. The molecule has 0 unspecified atom stereocenters. The molecule has 1 amide bonds. The van der Waals surface area contributed by atoms with Crippen molar-refractivity contribution in [2.75, 3.05) is 11.1 Å². The number of rotatable bonds is 2. The molecule has 0 fully saturated rings. The zero-order chi connectivity index (χ0) is 12.5. The SMILES string of the molecule is Nc1oc(C(=O)Nc2nnn[nH]2)c2ccccc12. The summed E-state index contributed by atoms with van der Waals surface area (Å²) in [4.78, 5) is 12.0. The van der Waals surface area contributed by atoms with Crippen LogP contribution in [0.25, 0.3) is 10.8 Å². The number of H-pyrrole nitrogens is 1. The van der Waals surface area contributed by atoms with Crippen LogP contribution in [0.4, 0.5) is 11.8 Å². The average molecular weight is 244 g/mol. The molecule has 0 saturated heterocycles. The lowest BCUT2D eigenvalue weighted by Gasteiger charge is -1.97. The third-order valence-corrected chi connectivity index (χ3v) is 2.43. The van der Waals surface area contributed by atoms with Crippen molar-refractivity contribution in [2.24, 2.45) is 0 Å². The molecule has 2 heterocycles. The van der Waals surface area contributed by atoms with Crippen molar-refractivity contribution in [2.45, 2.75) is 0 Å². The van der Waals surface area contributed by atoms with Gasteiger partial charge in [-0.05, 0) is 16.5 Å². The summed E-state index contributed by atoms with van der Waals surface area (Å²) < 4.78 is 5.26. The zero-order valence-electron chi connectivity index (χ0n) is 9.04. The molecular formula is C10H8N6O2. The van der Waals surface area contributed by atoms with Crippen LogP contribution in [0.15, 0.2) is 28.7 Å². The van der Waals surface area contributed by atoms with Crippen molar-refractivity contribution in [1.82, 2.24) is 20.6 Å². The van der Waals surface area contributed by atoms with Gasteiger partial charge in [0.05, 0.1) is 0 Å². The second-order valence-corrected chi connectivity index (χ2v) is 3.54. The Bertz CT molecular complexity index is 702. The summed E-state index contributed by atoms with van der Waals surface area (Å²) in [6, 6.07) is 7.14. The van der Waals surface area contributed by atoms with E-state index in [1.807, 2.05) is 6.07 Å². The second kappa shape index (κ2) is 3.84. The maximum absolute atomic E-state index is 12.0. The average Bonchev–Trinajstić information content (AvgIpc) is 2.98. The lowest BCUT2D eigenvalue weighted by atomic mass is 10.2. The highest BCUT2D eigenvalue weighted by Crippen LogP contribution is 2.27. The molecule has 1 aromatic carbocycles. The molecule has 3 aromatic rings. The van der Waals surface area contributed by atoms with Crippen molar-refractivity contribution >= 4 is 28.5 Å². The molecule has 18 heavy (non-hydrogen) atoms. The number of furan rings is 1. The minimum Gasteiger partial charge on any atom is -0.434 e. The number of nitrogens with one attached hydrogen (secondary N) is 2. The highest BCUT2D eigenvalue weighted by molar-refractivity contribution is 6.12. The molecule has 0 atom stereocenters. The molecule has 8 heteroatoms. The van der Waals surface area contributed by atoms with E-state index in [-0.39, 0.29) is 17.6 Å². The van der Waals surface area contributed by atoms with E-state index in [0.29, 0.717) is 10.8 Å². The number of aromatic nitrogens is 4. The third-order valence-electron chi connectivity index (χ3n) is 2.43. The number of nitrogens with zero attached hydrogens (tertiary/aromatic N) is 3. The lowest BCUT2D eigenvalue weighted by Crippen LogP contribution is -2.12. The van der Waals surface area contributed by atoms with Gasteiger partial charge in [0.25, 0.3) is 5.91 Å². The summed E-state index contributed by atoms with van der Waals surface area (Å²) in [7, 11) is 0. The smallest absolute Gasteiger partial charge is 0.294 e. The molecule has 3 rings (SSSR count). The summed E-state index contributed by atoms with van der Waals surface area (Å²) in [6.07, 6.45) is 0. The molecule has 0 radical (unpaired) electrons. The van der Waals surface area contributed by atoms with Gasteiger partial charge < -0.3 is 10.2 Å². The van der Waals surface area contributed by atoms with E-state index >= 15 is 0 Å². The van der Waals surface area contributed by atoms with E-state index < -0.39 is 5.91 Å². The molecule has 0 aliphatic heterocycles. The predicted octanol–water partition coefficient (Wildman–Crippen LogP) is 0.780. The van der Waals surface area contributed by atoms with E-state index in [1.165, 1.54) is 0 Å². The van der Waals surface area contributed by atoms with Crippen molar-refractivity contribution < 1.29 is 9.21 Å². The lowest BCUT2D eigenvalue weighted by molar-refractivity contribution is 0.0999. The fourth-order valence-electron chi connectivity index (χ4n) is 1.66. The van der Waals surface area contributed by atoms with Crippen LogP contribution in [-0.4, -0.2) is 26.5 Å². The van der Waals surface area contributed by atoms with Gasteiger partial charge in [-0.15, -0.1) is 0 Å². The summed E-state index contributed by atoms with van der Waals surface area (Å²) in [6.45, 7) is 0. The van der Waals surface area contributed by atoms with Crippen LogP contribution in [0.5, 0.6) is 0 Å². The van der Waals surface area contributed by atoms with Crippen LogP contribution >= 0.6 is 0 Å². The van der Waals surface area contributed by atoms with E-state index in [1.54, 1.807) is 18.2 Å². The molecule has 0 aliphatic rings. The number of benzene rings is 1. The number of aromatic amines is 1. The Kier molecular flexibility index (Phi) is 2.19. The summed E-state index contributed by atoms with van der Waals surface area (Å²) in [5, 5.41) is 16.4. The molecule has 8 nitrogen and oxygen atoms in total. The number of tetrazole rings is 1. The van der Waals surface area contributed by atoms with Gasteiger partial charge in [0.2, 0.25) is 11.7 Å². The number of carbonyl (C=O) groups is 1. The Morgan fingerprint density at radius 2 is 2.11 bits per heavy atom. The number of nitrogens with two attached hydrogens (primary N) is 1. The first-order chi connectivity index (χ1) is 8.75. The third kappa shape index (κ3) is 1.56. The Hall–Kier alpha value is -2.90. The first-order valence-corrected chi connectivity index (χ1v) is 5.08. The standard InChI is InChI=1S/C10H8N6O2/c11-8-6-4-2-1-3-5(6)7(18-8)9(17)12-10-13-15-16-14-10/h1-4H,11H2,(H2,12,13,14,15,16,17). The van der Waals surface area contributed by atoms with Crippen molar-refractivity contribution in [3.8, 4) is 0 Å². The van der Waals surface area contributed by atoms with Gasteiger partial charge in [-0.2, -0.15) is 0 Å². The number of hydrogen-bond donors (Lipinski definition) is 3. The van der Waals surface area contributed by atoms with Gasteiger partial charge in [-0.25, -0.2) is 5.10 Å². The summed E-state index contributed by atoms with van der Waals surface area (Å²) in [5.74, 6) is -0.00792. The maximum atomic E-state index is 12.0. The molecule has 0 bridgehead atoms. The number of amides is 1. The number of nitrogen functional groups attached to an aromatic ring is 1. The largest absolute Gasteiger partial charge is 0.434 e. The highest BCUT2D eigenvalue weighted by atomic mass is 16.4. The Morgan fingerprint density at radius 1 is 1.33 bits per heavy atom. The fraction of sp³-hybridized carbons (Fsp3) is 0. The molecule has 90 valence electrons. The zero-order valence-corrected chi connectivity index (χ0v) is 9.04. The van der Waals surface area contributed by atoms with Crippen LogP contribution in [0.2, 0.25) is 0 Å². The molecule has 4 N–H and O–H groups in total. The topological polar surface area (TPSA) is 123 Å². The van der Waals surface area contributed by atoms with Gasteiger partial charge in [-0.3, -0.25) is 10.1 Å². The van der Waals surface area contributed by atoms with E-state index in [4.69, 9.17) is 10.2 Å². The number of carbonyl (C=O) groups excluding carboxylic acids is 1. The van der Waals surface area contributed by atoms with Crippen LogP contribution in [0.3, 0.4) is 0 Å². The van der Waals surface area contributed by atoms with Crippen molar-refractivity contribution in [1.29, 1.82) is 0 Å². The maximum Gasteiger partial charge on any atom is 0.294 e. The molecule has 0 aliphatic carbocycles. The molecule has 0 saturated carbocycles. The van der Waals surface area contributed by atoms with Gasteiger partial charge in [0.1, 0.15) is 0 Å². The van der Waals surface area contributed by atoms with Crippen LogP contribution < -0.4 is 11.1 Å². The summed E-state index contributed by atoms with van der Waals surface area (Å²) >= 11 is 0. The quantitative estimate of drug-likeness (QED) is 0.612. The molecule has 0 spiro atoms. The summed E-state index contributed by atoms with van der Waals surface area (Å²) in [5.41, 5.74) is 5.69. The van der Waals surface area contributed by atoms with E-state index in [2.05, 4.69) is 25.9 Å². The van der Waals surface area contributed by atoms with E-state index in [0.717, 1.165) is 0 Å². The second-order valence-electron chi connectivity index (χ2n) is 3.54. The minimum atomic E-state index is -0.471. The van der Waals surface area contributed by atoms with Crippen LogP contribution in [0.1, 0.15) is 10.6 Å². The normalized spacial score (nSPS) is 10.7. The molecule has 2 aromatic heterocycles. The van der Waals surface area contributed by atoms with Gasteiger partial charge in [0, 0.05) is 10.8 Å². The van der Waals surface area contributed by atoms with Crippen LogP contribution in [-0.2, 0) is 0 Å². The Labute approximate surface area is 100 Å². The van der Waals surface area contributed by atoms with E-state index in [9.17, 15) is 4.79 Å². The van der Waals surface area contributed by atoms with Crippen molar-refractivity contribution in [3.63, 3.8) is 0 Å². The van der Waals surface area contributed by atoms with Crippen molar-refractivity contribution in [3.05, 3.63) is 30.0 Å². The molecular weight excluding hydrogens is 236 g/mol. The number of hydrogen-bond acceptors (Lipinski definition) is 6. The fourth-order valence-corrected chi connectivity index (χ4v) is 1.66. The highest BCUT2D eigenvalue weighted by Gasteiger charge is 2.18. The van der Waals surface area contributed by atoms with Crippen LogP contribution in [0, 0.1) is 0 Å². The Morgan fingerprint density at radius 3 is 2.83 bits per heavy atom. The number of anilines is 2. The van der Waals surface area contributed by atoms with Gasteiger partial charge >= 0.3 is 0 Å². The predicted molar refractivity (Wildman–Crippen MR) is 62.8 cm³/mol. The first-order valence-electron chi connectivity index (χ1n) is 5.08. The van der Waals surface area contributed by atoms with Gasteiger partial charge in [0.15, 0.2) is 5.88 Å².